The summed E-state index contributed by atoms with van der Waals surface area (Å²) in [5.74, 6) is 1.53. The number of rotatable bonds is 6. The molecule has 3 N–H and O–H groups in total. The second-order valence-corrected chi connectivity index (χ2v) is 4.01. The van der Waals surface area contributed by atoms with Gasteiger partial charge in [-0.1, -0.05) is 0 Å². The van der Waals surface area contributed by atoms with Crippen molar-refractivity contribution in [2.45, 2.75) is 19.4 Å². The van der Waals surface area contributed by atoms with E-state index < -0.39 is 5.54 Å². The fraction of sp³-hybridized carbons (Fsp3) is 0.500. The Labute approximate surface area is 96.0 Å². The first-order chi connectivity index (χ1) is 7.57. The number of nitrogens with two attached hydrogens (primary N) is 1. The van der Waals surface area contributed by atoms with Gasteiger partial charge in [-0.3, -0.25) is 0 Å². The second-order valence-electron chi connectivity index (χ2n) is 4.01. The molecule has 0 radical (unpaired) electrons. The van der Waals surface area contributed by atoms with E-state index in [9.17, 15) is 0 Å². The highest BCUT2D eigenvalue weighted by molar-refractivity contribution is 5.31. The molecule has 1 unspecified atom stereocenters. The fourth-order valence-corrected chi connectivity index (χ4v) is 1.09. The van der Waals surface area contributed by atoms with Crippen LogP contribution in [0.1, 0.15) is 13.8 Å². The van der Waals surface area contributed by atoms with Gasteiger partial charge in [0, 0.05) is 0 Å². The largest absolute Gasteiger partial charge is 0.494 e. The van der Waals surface area contributed by atoms with Gasteiger partial charge >= 0.3 is 0 Å². The molecule has 0 aliphatic heterocycles. The maximum absolute atomic E-state index is 8.96. The van der Waals surface area contributed by atoms with Gasteiger partial charge in [0.1, 0.15) is 18.1 Å². The van der Waals surface area contributed by atoms with Crippen LogP contribution in [0.25, 0.3) is 0 Å². The predicted molar refractivity (Wildman–Crippen MR) is 62.8 cm³/mol. The molecule has 0 saturated heterocycles. The third kappa shape index (κ3) is 4.08. The van der Waals surface area contributed by atoms with Crippen molar-refractivity contribution < 1.29 is 14.6 Å². The van der Waals surface area contributed by atoms with E-state index in [1.54, 1.807) is 6.92 Å². The van der Waals surface area contributed by atoms with E-state index in [0.29, 0.717) is 12.4 Å². The van der Waals surface area contributed by atoms with Crippen LogP contribution in [-0.2, 0) is 0 Å². The molecular formula is C12H19NO3. The van der Waals surface area contributed by atoms with E-state index in [1.165, 1.54) is 0 Å². The first-order valence-electron chi connectivity index (χ1n) is 5.33. The summed E-state index contributed by atoms with van der Waals surface area (Å²) in [4.78, 5) is 0. The van der Waals surface area contributed by atoms with Crippen molar-refractivity contribution in [3.63, 3.8) is 0 Å². The number of hydrogen-bond acceptors (Lipinski definition) is 4. The molecule has 4 nitrogen and oxygen atoms in total. The summed E-state index contributed by atoms with van der Waals surface area (Å²) in [5, 5.41) is 8.96. The average molecular weight is 225 g/mol. The number of hydrogen-bond donors (Lipinski definition) is 2. The molecule has 0 aliphatic rings. The van der Waals surface area contributed by atoms with Crippen molar-refractivity contribution in [3.8, 4) is 11.5 Å². The lowest BCUT2D eigenvalue weighted by Crippen LogP contribution is -2.45. The van der Waals surface area contributed by atoms with Crippen LogP contribution in [0.3, 0.4) is 0 Å². The van der Waals surface area contributed by atoms with Crippen LogP contribution in [0.15, 0.2) is 24.3 Å². The topological polar surface area (TPSA) is 64.7 Å². The zero-order chi connectivity index (χ0) is 12.0. The maximum Gasteiger partial charge on any atom is 0.119 e. The number of benzene rings is 1. The van der Waals surface area contributed by atoms with Crippen LogP contribution >= 0.6 is 0 Å². The van der Waals surface area contributed by atoms with Gasteiger partial charge in [0.05, 0.1) is 18.8 Å². The monoisotopic (exact) mass is 225 g/mol. The van der Waals surface area contributed by atoms with Crippen molar-refractivity contribution in [1.29, 1.82) is 0 Å². The highest BCUT2D eigenvalue weighted by Gasteiger charge is 2.17. The quantitative estimate of drug-likeness (QED) is 0.763. The van der Waals surface area contributed by atoms with E-state index in [1.807, 2.05) is 31.2 Å². The lowest BCUT2D eigenvalue weighted by Gasteiger charge is -2.21. The normalized spacial score (nSPS) is 14.2. The Morgan fingerprint density at radius 1 is 1.19 bits per heavy atom. The molecule has 0 amide bonds. The molecule has 4 heteroatoms. The second kappa shape index (κ2) is 5.72. The molecular weight excluding hydrogens is 206 g/mol. The highest BCUT2D eigenvalue weighted by atomic mass is 16.5. The third-order valence-corrected chi connectivity index (χ3v) is 2.06. The SMILES string of the molecule is CCOc1ccc(OCC(C)(N)CO)cc1. The van der Waals surface area contributed by atoms with Gasteiger partial charge < -0.3 is 20.3 Å². The van der Waals surface area contributed by atoms with Gasteiger partial charge in [0.25, 0.3) is 0 Å². The molecule has 0 bridgehead atoms. The van der Waals surface area contributed by atoms with E-state index in [-0.39, 0.29) is 13.2 Å². The Bertz CT molecular complexity index is 309. The van der Waals surface area contributed by atoms with Gasteiger partial charge in [-0.15, -0.1) is 0 Å². The van der Waals surface area contributed by atoms with Crippen LogP contribution in [-0.4, -0.2) is 30.5 Å². The lowest BCUT2D eigenvalue weighted by molar-refractivity contribution is 0.146. The summed E-state index contributed by atoms with van der Waals surface area (Å²) in [6, 6.07) is 7.31. The summed E-state index contributed by atoms with van der Waals surface area (Å²) in [6.07, 6.45) is 0. The Hall–Kier alpha value is -1.26. The molecule has 16 heavy (non-hydrogen) atoms. The van der Waals surface area contributed by atoms with Gasteiger partial charge in [0.15, 0.2) is 0 Å². The maximum atomic E-state index is 8.96. The van der Waals surface area contributed by atoms with Crippen LogP contribution in [0, 0.1) is 0 Å². The minimum atomic E-state index is -0.710. The zero-order valence-corrected chi connectivity index (χ0v) is 9.77. The fourth-order valence-electron chi connectivity index (χ4n) is 1.09. The van der Waals surface area contributed by atoms with Crippen LogP contribution < -0.4 is 15.2 Å². The molecule has 0 aliphatic carbocycles. The van der Waals surface area contributed by atoms with Crippen LogP contribution in [0.5, 0.6) is 11.5 Å². The molecule has 0 heterocycles. The first-order valence-corrected chi connectivity index (χ1v) is 5.33. The minimum Gasteiger partial charge on any atom is -0.494 e. The molecule has 1 rings (SSSR count). The number of ether oxygens (including phenoxy) is 2. The molecule has 1 aromatic rings. The molecule has 0 saturated carbocycles. The molecule has 1 atom stereocenters. The van der Waals surface area contributed by atoms with E-state index in [0.717, 1.165) is 5.75 Å². The Morgan fingerprint density at radius 3 is 2.12 bits per heavy atom. The molecule has 90 valence electrons. The Morgan fingerprint density at radius 2 is 1.69 bits per heavy atom. The lowest BCUT2D eigenvalue weighted by atomic mass is 10.1. The minimum absolute atomic E-state index is 0.107. The third-order valence-electron chi connectivity index (χ3n) is 2.06. The van der Waals surface area contributed by atoms with Crippen molar-refractivity contribution >= 4 is 0 Å². The molecule has 0 spiro atoms. The summed E-state index contributed by atoms with van der Waals surface area (Å²) >= 11 is 0. The predicted octanol–water partition coefficient (Wildman–Crippen LogP) is 1.17. The smallest absolute Gasteiger partial charge is 0.119 e. The molecule has 1 aromatic carbocycles. The van der Waals surface area contributed by atoms with Crippen molar-refractivity contribution in [3.05, 3.63) is 24.3 Å². The van der Waals surface area contributed by atoms with Gasteiger partial charge in [-0.05, 0) is 38.1 Å². The standard InChI is InChI=1S/C12H19NO3/c1-3-15-10-4-6-11(7-5-10)16-9-12(2,13)8-14/h4-7,14H,3,8-9,13H2,1-2H3. The molecule has 0 fully saturated rings. The average Bonchev–Trinajstić information content (AvgIpc) is 2.29. The summed E-state index contributed by atoms with van der Waals surface area (Å²) in [7, 11) is 0. The first kappa shape index (κ1) is 12.8. The van der Waals surface area contributed by atoms with Gasteiger partial charge in [-0.25, -0.2) is 0 Å². The van der Waals surface area contributed by atoms with Crippen molar-refractivity contribution in [2.75, 3.05) is 19.8 Å². The molecule has 0 aromatic heterocycles. The zero-order valence-electron chi connectivity index (χ0n) is 9.77. The number of aliphatic hydroxyl groups is 1. The summed E-state index contributed by atoms with van der Waals surface area (Å²) in [5.41, 5.74) is 5.03. The summed E-state index contributed by atoms with van der Waals surface area (Å²) < 4.78 is 10.8. The van der Waals surface area contributed by atoms with E-state index in [2.05, 4.69) is 0 Å². The number of aliphatic hydroxyl groups excluding tert-OH is 1. The van der Waals surface area contributed by atoms with Gasteiger partial charge in [0.2, 0.25) is 0 Å². The summed E-state index contributed by atoms with van der Waals surface area (Å²) in [6.45, 7) is 4.49. The highest BCUT2D eigenvalue weighted by Crippen LogP contribution is 2.18. The Balaban J connectivity index is 2.49. The van der Waals surface area contributed by atoms with Crippen LogP contribution in [0.2, 0.25) is 0 Å². The van der Waals surface area contributed by atoms with Crippen molar-refractivity contribution in [2.24, 2.45) is 5.73 Å². The van der Waals surface area contributed by atoms with E-state index in [4.69, 9.17) is 20.3 Å². The van der Waals surface area contributed by atoms with Crippen LogP contribution in [0.4, 0.5) is 0 Å². The van der Waals surface area contributed by atoms with Crippen molar-refractivity contribution in [1.82, 2.24) is 0 Å². The van der Waals surface area contributed by atoms with Gasteiger partial charge in [-0.2, -0.15) is 0 Å². The Kier molecular flexibility index (Phi) is 4.58. The van der Waals surface area contributed by atoms with E-state index >= 15 is 0 Å².